The standard InChI is InChI=1S/C11H16F2O7S/c12-11(13,21-20-19-16)10(15)18-7-6-17-9(14)8-4-2-1-3-5-8/h8,16H,1-7H2. The number of carbonyl (C=O) groups is 2. The average Bonchev–Trinajstić information content (AvgIpc) is 2.50. The van der Waals surface area contributed by atoms with Gasteiger partial charge in [-0.1, -0.05) is 24.3 Å². The van der Waals surface area contributed by atoms with E-state index in [4.69, 9.17) is 9.99 Å². The van der Waals surface area contributed by atoms with E-state index in [1.165, 1.54) is 0 Å². The average molecular weight is 330 g/mol. The predicted molar refractivity (Wildman–Crippen MR) is 65.8 cm³/mol. The normalized spacial score (nSPS) is 16.5. The second kappa shape index (κ2) is 9.13. The van der Waals surface area contributed by atoms with Gasteiger partial charge in [-0.15, -0.1) is 4.33 Å². The molecule has 0 amide bonds. The summed E-state index contributed by atoms with van der Waals surface area (Å²) < 4.78 is 38.5. The molecule has 1 fully saturated rings. The lowest BCUT2D eigenvalue weighted by molar-refractivity contribution is -0.433. The summed E-state index contributed by atoms with van der Waals surface area (Å²) in [5.41, 5.74) is 0. The summed E-state index contributed by atoms with van der Waals surface area (Å²) >= 11 is -0.714. The minimum Gasteiger partial charge on any atom is -0.462 e. The van der Waals surface area contributed by atoms with Gasteiger partial charge in [0.2, 0.25) is 0 Å². The number of hydrogen-bond donors (Lipinski definition) is 1. The maximum atomic E-state index is 12.9. The summed E-state index contributed by atoms with van der Waals surface area (Å²) in [5.74, 6) is -2.45. The SMILES string of the molecule is O=C(OCCOC(=O)C(F)(F)SOOO)C1CCCCC1. The van der Waals surface area contributed by atoms with E-state index in [9.17, 15) is 18.4 Å². The zero-order valence-electron chi connectivity index (χ0n) is 11.1. The van der Waals surface area contributed by atoms with Crippen LogP contribution < -0.4 is 0 Å². The molecule has 0 spiro atoms. The molecule has 0 aliphatic heterocycles. The van der Waals surface area contributed by atoms with E-state index in [-0.39, 0.29) is 12.5 Å². The van der Waals surface area contributed by atoms with Crippen molar-refractivity contribution in [1.82, 2.24) is 0 Å². The van der Waals surface area contributed by atoms with Gasteiger partial charge in [0.25, 0.3) is 0 Å². The Kier molecular flexibility index (Phi) is 7.86. The van der Waals surface area contributed by atoms with Crippen LogP contribution in [0.3, 0.4) is 0 Å². The number of ether oxygens (including phenoxy) is 2. The van der Waals surface area contributed by atoms with Crippen LogP contribution in [0.25, 0.3) is 0 Å². The van der Waals surface area contributed by atoms with Crippen molar-refractivity contribution in [2.45, 2.75) is 37.4 Å². The molecule has 7 nitrogen and oxygen atoms in total. The third kappa shape index (κ3) is 6.55. The molecular formula is C11H16F2O7S. The Morgan fingerprint density at radius 1 is 1.14 bits per heavy atom. The van der Waals surface area contributed by atoms with Crippen LogP contribution in [0.1, 0.15) is 32.1 Å². The second-order valence-electron chi connectivity index (χ2n) is 4.38. The Bertz CT molecular complexity index is 347. The van der Waals surface area contributed by atoms with Gasteiger partial charge in [0.1, 0.15) is 25.3 Å². The summed E-state index contributed by atoms with van der Waals surface area (Å²) in [5, 5.41) is 6.64. The van der Waals surface area contributed by atoms with E-state index in [2.05, 4.69) is 14.1 Å². The first-order chi connectivity index (χ1) is 9.97. The number of hydrogen-bond acceptors (Lipinski definition) is 8. The molecule has 10 heteroatoms. The Balaban J connectivity index is 2.17. The zero-order valence-corrected chi connectivity index (χ0v) is 11.9. The molecule has 0 radical (unpaired) electrons. The van der Waals surface area contributed by atoms with Crippen molar-refractivity contribution in [3.63, 3.8) is 0 Å². The van der Waals surface area contributed by atoms with E-state index >= 15 is 0 Å². The molecule has 1 rings (SSSR count). The quantitative estimate of drug-likeness (QED) is 0.238. The van der Waals surface area contributed by atoms with Crippen LogP contribution in [0.15, 0.2) is 0 Å². The van der Waals surface area contributed by atoms with Gasteiger partial charge in [0.05, 0.1) is 5.92 Å². The number of carbonyl (C=O) groups excluding carboxylic acids is 2. The first-order valence-electron chi connectivity index (χ1n) is 6.35. The second-order valence-corrected chi connectivity index (χ2v) is 5.20. The Hall–Kier alpha value is -0.970. The molecule has 0 aromatic rings. The summed E-state index contributed by atoms with van der Waals surface area (Å²) in [6, 6.07) is 0. The minimum atomic E-state index is -4.05. The van der Waals surface area contributed by atoms with Gasteiger partial charge in [-0.05, 0) is 12.8 Å². The van der Waals surface area contributed by atoms with Crippen molar-refractivity contribution < 1.29 is 42.5 Å². The van der Waals surface area contributed by atoms with E-state index in [0.29, 0.717) is 0 Å². The highest BCUT2D eigenvalue weighted by Crippen LogP contribution is 2.31. The molecule has 0 aromatic heterocycles. The van der Waals surface area contributed by atoms with Crippen LogP contribution >= 0.6 is 12.0 Å². The highest BCUT2D eigenvalue weighted by Gasteiger charge is 2.44. The van der Waals surface area contributed by atoms with Crippen molar-refractivity contribution in [1.29, 1.82) is 0 Å². The summed E-state index contributed by atoms with van der Waals surface area (Å²) in [6.07, 6.45) is 4.53. The Morgan fingerprint density at radius 2 is 1.76 bits per heavy atom. The molecule has 1 aliphatic rings. The fourth-order valence-electron chi connectivity index (χ4n) is 1.91. The smallest absolute Gasteiger partial charge is 0.415 e. The number of halogens is 2. The lowest BCUT2D eigenvalue weighted by Crippen LogP contribution is -2.29. The maximum absolute atomic E-state index is 12.9. The van der Waals surface area contributed by atoms with Crippen molar-refractivity contribution >= 4 is 24.0 Å². The summed E-state index contributed by atoms with van der Waals surface area (Å²) in [6.45, 7) is -0.785. The number of rotatable bonds is 8. The molecule has 0 atom stereocenters. The summed E-state index contributed by atoms with van der Waals surface area (Å²) in [7, 11) is 0. The predicted octanol–water partition coefficient (Wildman–Crippen LogP) is 2.32. The van der Waals surface area contributed by atoms with Gasteiger partial charge >= 0.3 is 17.2 Å². The van der Waals surface area contributed by atoms with Gasteiger partial charge in [0, 0.05) is 0 Å². The van der Waals surface area contributed by atoms with Crippen molar-refractivity contribution in [2.75, 3.05) is 13.2 Å². The lowest BCUT2D eigenvalue weighted by atomic mass is 9.89. The summed E-state index contributed by atoms with van der Waals surface area (Å²) in [4.78, 5) is 22.6. The molecule has 1 aliphatic carbocycles. The Morgan fingerprint density at radius 3 is 2.38 bits per heavy atom. The molecule has 0 saturated heterocycles. The molecule has 0 aromatic carbocycles. The lowest BCUT2D eigenvalue weighted by Gasteiger charge is -2.20. The van der Waals surface area contributed by atoms with E-state index in [0.717, 1.165) is 32.1 Å². The molecular weight excluding hydrogens is 314 g/mol. The minimum absolute atomic E-state index is 0.165. The van der Waals surface area contributed by atoms with Gasteiger partial charge in [-0.25, -0.2) is 10.1 Å². The highest BCUT2D eigenvalue weighted by molar-refractivity contribution is 7.96. The molecule has 1 N–H and O–H groups in total. The van der Waals surface area contributed by atoms with Crippen LogP contribution in [0.5, 0.6) is 0 Å². The first kappa shape index (κ1) is 18.1. The van der Waals surface area contributed by atoms with E-state index in [1.54, 1.807) is 0 Å². The Labute approximate surface area is 123 Å². The fraction of sp³-hybridized carbons (Fsp3) is 0.818. The molecule has 0 bridgehead atoms. The van der Waals surface area contributed by atoms with Gasteiger partial charge in [-0.3, -0.25) is 4.79 Å². The van der Waals surface area contributed by atoms with E-state index in [1.807, 2.05) is 0 Å². The monoisotopic (exact) mass is 330 g/mol. The number of esters is 2. The number of alkyl halides is 2. The largest absolute Gasteiger partial charge is 0.462 e. The molecule has 21 heavy (non-hydrogen) atoms. The van der Waals surface area contributed by atoms with Gasteiger partial charge < -0.3 is 9.47 Å². The van der Waals surface area contributed by atoms with Crippen LogP contribution in [-0.4, -0.2) is 35.7 Å². The van der Waals surface area contributed by atoms with Crippen molar-refractivity contribution in [3.05, 3.63) is 0 Å². The van der Waals surface area contributed by atoms with E-state index < -0.39 is 35.8 Å². The van der Waals surface area contributed by atoms with Crippen LogP contribution in [0, 0.1) is 5.92 Å². The van der Waals surface area contributed by atoms with Gasteiger partial charge in [0.15, 0.2) is 0 Å². The third-order valence-electron chi connectivity index (χ3n) is 2.91. The van der Waals surface area contributed by atoms with Crippen LogP contribution in [0.4, 0.5) is 8.78 Å². The zero-order chi connectivity index (χ0) is 15.7. The molecule has 1 saturated carbocycles. The topological polar surface area (TPSA) is 91.3 Å². The first-order valence-corrected chi connectivity index (χ1v) is 7.09. The van der Waals surface area contributed by atoms with Crippen molar-refractivity contribution in [3.8, 4) is 0 Å². The highest BCUT2D eigenvalue weighted by atomic mass is 32.2. The molecule has 122 valence electrons. The third-order valence-corrected chi connectivity index (χ3v) is 3.41. The van der Waals surface area contributed by atoms with Crippen LogP contribution in [0.2, 0.25) is 0 Å². The molecule has 0 heterocycles. The van der Waals surface area contributed by atoms with Crippen molar-refractivity contribution in [2.24, 2.45) is 5.92 Å². The fourth-order valence-corrected chi connectivity index (χ4v) is 2.15. The maximum Gasteiger partial charge on any atom is 0.415 e. The molecule has 0 unspecified atom stereocenters. The van der Waals surface area contributed by atoms with Crippen LogP contribution in [-0.2, 0) is 28.4 Å². The van der Waals surface area contributed by atoms with Gasteiger partial charge in [-0.2, -0.15) is 8.78 Å².